The first-order valence-electron chi connectivity index (χ1n) is 9.31. The zero-order valence-electron chi connectivity index (χ0n) is 16.4. The second-order valence-electron chi connectivity index (χ2n) is 6.61. The third-order valence-corrected chi connectivity index (χ3v) is 4.72. The van der Waals surface area contributed by atoms with Gasteiger partial charge in [0, 0.05) is 36.0 Å². The van der Waals surface area contributed by atoms with Gasteiger partial charge in [0.05, 0.1) is 12.8 Å². The minimum atomic E-state index is 0.0749. The van der Waals surface area contributed by atoms with Crippen molar-refractivity contribution < 1.29 is 9.53 Å². The number of rotatable bonds is 7. The average molecular weight is 366 g/mol. The van der Waals surface area contributed by atoms with Crippen molar-refractivity contribution in [2.24, 2.45) is 0 Å². The summed E-state index contributed by atoms with van der Waals surface area (Å²) in [6, 6.07) is 9.78. The van der Waals surface area contributed by atoms with Crippen molar-refractivity contribution in [3.05, 3.63) is 47.3 Å². The molecule has 1 amide bonds. The van der Waals surface area contributed by atoms with Gasteiger partial charge < -0.3 is 10.1 Å². The maximum absolute atomic E-state index is 12.0. The van der Waals surface area contributed by atoms with E-state index in [1.807, 2.05) is 55.6 Å². The van der Waals surface area contributed by atoms with Crippen LogP contribution in [-0.4, -0.2) is 34.2 Å². The van der Waals surface area contributed by atoms with E-state index in [4.69, 9.17) is 14.8 Å². The summed E-state index contributed by atoms with van der Waals surface area (Å²) in [7, 11) is 1.66. The van der Waals surface area contributed by atoms with Gasteiger partial charge in [-0.1, -0.05) is 19.1 Å². The van der Waals surface area contributed by atoms with Crippen LogP contribution in [0.25, 0.3) is 16.9 Å². The lowest BCUT2D eigenvalue weighted by Crippen LogP contribution is -2.24. The standard InChI is InChI=1S/C21H26N4O2/c1-5-12-22-21(26)11-10-16-14(2)23-20-13-18(24-25(20)15(16)3)17-8-6-7-9-19(17)27-4/h6-9,13H,5,10-12H2,1-4H3,(H,22,26). The molecule has 0 aliphatic rings. The fourth-order valence-corrected chi connectivity index (χ4v) is 3.27. The molecule has 6 heteroatoms. The summed E-state index contributed by atoms with van der Waals surface area (Å²) in [5, 5.41) is 7.66. The van der Waals surface area contributed by atoms with E-state index < -0.39 is 0 Å². The summed E-state index contributed by atoms with van der Waals surface area (Å²) in [5.41, 5.74) is 5.58. The number of hydrogen-bond donors (Lipinski definition) is 1. The lowest BCUT2D eigenvalue weighted by Gasteiger charge is -2.11. The van der Waals surface area contributed by atoms with Gasteiger partial charge in [0.25, 0.3) is 0 Å². The normalized spacial score (nSPS) is 11.0. The predicted molar refractivity (Wildman–Crippen MR) is 106 cm³/mol. The van der Waals surface area contributed by atoms with E-state index in [2.05, 4.69) is 5.32 Å². The Balaban J connectivity index is 1.93. The Labute approximate surface area is 159 Å². The quantitative estimate of drug-likeness (QED) is 0.695. The first-order chi connectivity index (χ1) is 13.0. The van der Waals surface area contributed by atoms with Crippen molar-refractivity contribution in [3.63, 3.8) is 0 Å². The second-order valence-corrected chi connectivity index (χ2v) is 6.61. The average Bonchev–Trinajstić information content (AvgIpc) is 3.10. The molecule has 0 fully saturated rings. The molecule has 0 atom stereocenters. The van der Waals surface area contributed by atoms with Crippen LogP contribution in [0.3, 0.4) is 0 Å². The molecule has 0 aliphatic carbocycles. The largest absolute Gasteiger partial charge is 0.496 e. The number of nitrogens with zero attached hydrogens (tertiary/aromatic N) is 3. The molecule has 142 valence electrons. The summed E-state index contributed by atoms with van der Waals surface area (Å²) in [6.45, 7) is 6.78. The highest BCUT2D eigenvalue weighted by atomic mass is 16.5. The monoisotopic (exact) mass is 366 g/mol. The van der Waals surface area contributed by atoms with Crippen LogP contribution < -0.4 is 10.1 Å². The molecule has 27 heavy (non-hydrogen) atoms. The minimum absolute atomic E-state index is 0.0749. The van der Waals surface area contributed by atoms with Gasteiger partial charge in [-0.05, 0) is 44.4 Å². The maximum atomic E-state index is 12.0. The Morgan fingerprint density at radius 2 is 2.04 bits per heavy atom. The SMILES string of the molecule is CCCNC(=O)CCc1c(C)nc2cc(-c3ccccc3OC)nn2c1C. The zero-order valence-corrected chi connectivity index (χ0v) is 16.4. The third-order valence-electron chi connectivity index (χ3n) is 4.72. The van der Waals surface area contributed by atoms with Crippen LogP contribution in [0.4, 0.5) is 0 Å². The van der Waals surface area contributed by atoms with Gasteiger partial charge in [-0.3, -0.25) is 4.79 Å². The molecule has 0 radical (unpaired) electrons. The molecular formula is C21H26N4O2. The Kier molecular flexibility index (Phi) is 5.74. The van der Waals surface area contributed by atoms with Gasteiger partial charge in [0.2, 0.25) is 5.91 Å². The van der Waals surface area contributed by atoms with Gasteiger partial charge in [-0.15, -0.1) is 0 Å². The summed E-state index contributed by atoms with van der Waals surface area (Å²) in [4.78, 5) is 16.7. The minimum Gasteiger partial charge on any atom is -0.496 e. The number of aryl methyl sites for hydroxylation is 2. The molecule has 1 N–H and O–H groups in total. The number of hydrogen-bond acceptors (Lipinski definition) is 4. The lowest BCUT2D eigenvalue weighted by atomic mass is 10.1. The molecule has 0 bridgehead atoms. The highest BCUT2D eigenvalue weighted by Crippen LogP contribution is 2.29. The van der Waals surface area contributed by atoms with E-state index in [-0.39, 0.29) is 5.91 Å². The van der Waals surface area contributed by atoms with Crippen molar-refractivity contribution in [2.75, 3.05) is 13.7 Å². The number of benzene rings is 1. The van der Waals surface area contributed by atoms with Crippen molar-refractivity contribution in [3.8, 4) is 17.0 Å². The van der Waals surface area contributed by atoms with Crippen LogP contribution >= 0.6 is 0 Å². The number of aromatic nitrogens is 3. The molecule has 0 aliphatic heterocycles. The van der Waals surface area contributed by atoms with Crippen LogP contribution in [-0.2, 0) is 11.2 Å². The van der Waals surface area contributed by atoms with Crippen LogP contribution in [0, 0.1) is 13.8 Å². The first kappa shape index (κ1) is 18.9. The van der Waals surface area contributed by atoms with Gasteiger partial charge in [0.1, 0.15) is 5.75 Å². The van der Waals surface area contributed by atoms with Gasteiger partial charge >= 0.3 is 0 Å². The number of carbonyl (C=O) groups excluding carboxylic acids is 1. The predicted octanol–water partition coefficient (Wildman–Crippen LogP) is 3.48. The highest BCUT2D eigenvalue weighted by Gasteiger charge is 2.15. The van der Waals surface area contributed by atoms with Gasteiger partial charge in [-0.2, -0.15) is 5.10 Å². The Morgan fingerprint density at radius 3 is 2.78 bits per heavy atom. The molecule has 1 aromatic carbocycles. The van der Waals surface area contributed by atoms with Crippen LogP contribution in [0.2, 0.25) is 0 Å². The molecule has 0 saturated heterocycles. The Hall–Kier alpha value is -2.89. The van der Waals surface area contributed by atoms with Crippen molar-refractivity contribution in [1.82, 2.24) is 19.9 Å². The van der Waals surface area contributed by atoms with E-state index >= 15 is 0 Å². The fourth-order valence-electron chi connectivity index (χ4n) is 3.27. The van der Waals surface area contributed by atoms with Crippen molar-refractivity contribution in [1.29, 1.82) is 0 Å². The number of ether oxygens (including phenoxy) is 1. The number of fused-ring (bicyclic) bond motifs is 1. The van der Waals surface area contributed by atoms with E-state index in [1.54, 1.807) is 7.11 Å². The highest BCUT2D eigenvalue weighted by molar-refractivity contribution is 5.76. The summed E-state index contributed by atoms with van der Waals surface area (Å²) >= 11 is 0. The molecule has 6 nitrogen and oxygen atoms in total. The number of amides is 1. The smallest absolute Gasteiger partial charge is 0.220 e. The maximum Gasteiger partial charge on any atom is 0.220 e. The van der Waals surface area contributed by atoms with Crippen LogP contribution in [0.5, 0.6) is 5.75 Å². The van der Waals surface area contributed by atoms with Crippen molar-refractivity contribution >= 4 is 11.6 Å². The number of nitrogens with one attached hydrogen (secondary N) is 1. The molecule has 2 aromatic heterocycles. The second kappa shape index (κ2) is 8.20. The van der Waals surface area contributed by atoms with Crippen LogP contribution in [0.15, 0.2) is 30.3 Å². The van der Waals surface area contributed by atoms with E-state index in [0.29, 0.717) is 12.8 Å². The van der Waals surface area contributed by atoms with Crippen molar-refractivity contribution in [2.45, 2.75) is 40.0 Å². The molecular weight excluding hydrogens is 340 g/mol. The van der Waals surface area contributed by atoms with Crippen LogP contribution in [0.1, 0.15) is 36.7 Å². The zero-order chi connectivity index (χ0) is 19.4. The fraction of sp³-hybridized carbons (Fsp3) is 0.381. The third kappa shape index (κ3) is 3.94. The van der Waals surface area contributed by atoms with Gasteiger partial charge in [0.15, 0.2) is 5.65 Å². The lowest BCUT2D eigenvalue weighted by molar-refractivity contribution is -0.121. The summed E-state index contributed by atoms with van der Waals surface area (Å²) < 4.78 is 7.31. The Morgan fingerprint density at radius 1 is 1.26 bits per heavy atom. The first-order valence-corrected chi connectivity index (χ1v) is 9.31. The molecule has 3 aromatic rings. The molecule has 0 saturated carbocycles. The molecule has 3 rings (SSSR count). The Bertz CT molecular complexity index is 962. The topological polar surface area (TPSA) is 68.5 Å². The number of carbonyl (C=O) groups is 1. The number of methoxy groups -OCH3 is 1. The number of para-hydroxylation sites is 1. The van der Waals surface area contributed by atoms with E-state index in [9.17, 15) is 4.79 Å². The van der Waals surface area contributed by atoms with Gasteiger partial charge in [-0.25, -0.2) is 9.50 Å². The molecule has 0 unspecified atom stereocenters. The summed E-state index contributed by atoms with van der Waals surface area (Å²) in [5.74, 6) is 0.856. The van der Waals surface area contributed by atoms with E-state index in [0.717, 1.165) is 52.6 Å². The van der Waals surface area contributed by atoms with E-state index in [1.165, 1.54) is 0 Å². The molecule has 2 heterocycles. The molecule has 0 spiro atoms. The summed E-state index contributed by atoms with van der Waals surface area (Å²) in [6.07, 6.45) is 2.05.